The summed E-state index contributed by atoms with van der Waals surface area (Å²) < 4.78 is 31.2. The second-order valence-corrected chi connectivity index (χ2v) is 5.25. The van der Waals surface area contributed by atoms with Gasteiger partial charge in [0.2, 0.25) is 0 Å². The van der Waals surface area contributed by atoms with E-state index in [1.54, 1.807) is 36.4 Å². The van der Waals surface area contributed by atoms with Gasteiger partial charge in [-0.3, -0.25) is 4.79 Å². The number of alkyl halides is 2. The van der Waals surface area contributed by atoms with E-state index in [0.29, 0.717) is 11.1 Å². The summed E-state index contributed by atoms with van der Waals surface area (Å²) in [4.78, 5) is 12.4. The Balaban J connectivity index is 1.81. The maximum atomic E-state index is 12.4. The minimum absolute atomic E-state index is 0.0302. The Morgan fingerprint density at radius 2 is 1.76 bits per heavy atom. The fourth-order valence-electron chi connectivity index (χ4n) is 2.41. The highest BCUT2D eigenvalue weighted by Gasteiger charge is 2.08. The zero-order chi connectivity index (χ0) is 17.6. The molecule has 0 aliphatic heterocycles. The Kier molecular flexibility index (Phi) is 5.04. The molecule has 0 unspecified atom stereocenters. The van der Waals surface area contributed by atoms with Gasteiger partial charge in [0.05, 0.1) is 0 Å². The average Bonchev–Trinajstić information content (AvgIpc) is 3.15. The third-order valence-corrected chi connectivity index (χ3v) is 3.58. The van der Waals surface area contributed by atoms with Crippen molar-refractivity contribution in [3.8, 4) is 11.4 Å². The van der Waals surface area contributed by atoms with Crippen LogP contribution in [0.4, 0.5) is 8.78 Å². The van der Waals surface area contributed by atoms with Crippen LogP contribution in [-0.4, -0.2) is 17.0 Å². The van der Waals surface area contributed by atoms with E-state index in [0.717, 1.165) is 5.69 Å². The highest BCUT2D eigenvalue weighted by molar-refractivity contribution is 6.07. The molecule has 2 aromatic carbocycles. The molecule has 25 heavy (non-hydrogen) atoms. The van der Waals surface area contributed by atoms with Gasteiger partial charge in [0.15, 0.2) is 5.78 Å². The maximum absolute atomic E-state index is 12.4. The predicted octanol–water partition coefficient (Wildman–Crippen LogP) is 4.97. The summed E-state index contributed by atoms with van der Waals surface area (Å²) in [5.74, 6) is -0.191. The van der Waals surface area contributed by atoms with Gasteiger partial charge in [-0.2, -0.15) is 8.78 Å². The van der Waals surface area contributed by atoms with E-state index in [4.69, 9.17) is 0 Å². The first-order valence-electron chi connectivity index (χ1n) is 7.63. The SMILES string of the molecule is O=C(/C=C/c1ccccc1OC(F)F)c1cccc(-n2cccc2)c1. The number of carbonyl (C=O) groups excluding carboxylic acids is 1. The van der Waals surface area contributed by atoms with E-state index in [9.17, 15) is 13.6 Å². The summed E-state index contributed by atoms with van der Waals surface area (Å²) in [6, 6.07) is 17.3. The van der Waals surface area contributed by atoms with Crippen molar-refractivity contribution in [3.63, 3.8) is 0 Å². The lowest BCUT2D eigenvalue weighted by molar-refractivity contribution is -0.0499. The normalized spacial score (nSPS) is 11.2. The molecule has 5 heteroatoms. The van der Waals surface area contributed by atoms with Crippen LogP contribution in [0.15, 0.2) is 79.1 Å². The monoisotopic (exact) mass is 339 g/mol. The summed E-state index contributed by atoms with van der Waals surface area (Å²) in [5.41, 5.74) is 1.79. The predicted molar refractivity (Wildman–Crippen MR) is 92.2 cm³/mol. The van der Waals surface area contributed by atoms with Gasteiger partial charge in [-0.1, -0.05) is 30.3 Å². The molecule has 3 aromatic rings. The van der Waals surface area contributed by atoms with Crippen molar-refractivity contribution >= 4 is 11.9 Å². The summed E-state index contributed by atoms with van der Waals surface area (Å²) in [7, 11) is 0. The molecule has 0 fully saturated rings. The molecule has 0 saturated heterocycles. The fourth-order valence-corrected chi connectivity index (χ4v) is 2.41. The first-order valence-corrected chi connectivity index (χ1v) is 7.63. The first-order chi connectivity index (χ1) is 12.1. The summed E-state index contributed by atoms with van der Waals surface area (Å²) in [5, 5.41) is 0. The van der Waals surface area contributed by atoms with Gasteiger partial charge in [0, 0.05) is 29.2 Å². The number of nitrogens with zero attached hydrogens (tertiary/aromatic N) is 1. The van der Waals surface area contributed by atoms with Crippen LogP contribution in [0.5, 0.6) is 5.75 Å². The zero-order valence-electron chi connectivity index (χ0n) is 13.2. The van der Waals surface area contributed by atoms with Gasteiger partial charge in [-0.05, 0) is 42.5 Å². The number of hydrogen-bond acceptors (Lipinski definition) is 2. The maximum Gasteiger partial charge on any atom is 0.387 e. The number of aromatic nitrogens is 1. The number of rotatable bonds is 6. The Labute approximate surface area is 143 Å². The molecule has 0 atom stereocenters. The van der Waals surface area contributed by atoms with E-state index in [-0.39, 0.29) is 11.5 Å². The van der Waals surface area contributed by atoms with Crippen molar-refractivity contribution in [2.24, 2.45) is 0 Å². The van der Waals surface area contributed by atoms with Crippen LogP contribution < -0.4 is 4.74 Å². The van der Waals surface area contributed by atoms with E-state index < -0.39 is 6.61 Å². The number of ketones is 1. The molecule has 0 aliphatic rings. The van der Waals surface area contributed by atoms with Crippen LogP contribution in [0.3, 0.4) is 0 Å². The molecule has 1 heterocycles. The third kappa shape index (κ3) is 4.20. The minimum atomic E-state index is -2.91. The summed E-state index contributed by atoms with van der Waals surface area (Å²) in [6.45, 7) is -2.91. The highest BCUT2D eigenvalue weighted by atomic mass is 19.3. The molecular weight excluding hydrogens is 324 g/mol. The smallest absolute Gasteiger partial charge is 0.387 e. The van der Waals surface area contributed by atoms with Crippen LogP contribution >= 0.6 is 0 Å². The molecule has 0 amide bonds. The second-order valence-electron chi connectivity index (χ2n) is 5.25. The molecule has 1 aromatic heterocycles. The quantitative estimate of drug-likeness (QED) is 0.469. The van der Waals surface area contributed by atoms with Gasteiger partial charge in [0.1, 0.15) is 5.75 Å². The van der Waals surface area contributed by atoms with Crippen LogP contribution in [0.2, 0.25) is 0 Å². The van der Waals surface area contributed by atoms with Gasteiger partial charge in [-0.15, -0.1) is 0 Å². The summed E-state index contributed by atoms with van der Waals surface area (Å²) >= 11 is 0. The average molecular weight is 339 g/mol. The largest absolute Gasteiger partial charge is 0.434 e. The molecule has 0 bridgehead atoms. The van der Waals surface area contributed by atoms with Crippen molar-refractivity contribution in [1.29, 1.82) is 0 Å². The Morgan fingerprint density at radius 3 is 2.52 bits per heavy atom. The van der Waals surface area contributed by atoms with Crippen molar-refractivity contribution in [2.45, 2.75) is 6.61 Å². The molecule has 0 aliphatic carbocycles. The van der Waals surface area contributed by atoms with Crippen molar-refractivity contribution in [1.82, 2.24) is 4.57 Å². The number of allylic oxidation sites excluding steroid dienone is 1. The molecule has 3 rings (SSSR count). The number of halogens is 2. The number of carbonyl (C=O) groups is 1. The molecule has 126 valence electrons. The Bertz CT molecular complexity index is 886. The number of hydrogen-bond donors (Lipinski definition) is 0. The lowest BCUT2D eigenvalue weighted by Crippen LogP contribution is -2.03. The standard InChI is InChI=1S/C20H15F2NO2/c21-20(22)25-19-9-2-1-6-15(19)10-11-18(24)16-7-5-8-17(14-16)23-12-3-4-13-23/h1-14,20H/b11-10+. The molecular formula is C20H15F2NO2. The van der Waals surface area contributed by atoms with E-state index >= 15 is 0 Å². The van der Waals surface area contributed by atoms with Crippen LogP contribution in [0.25, 0.3) is 11.8 Å². The number of ether oxygens (including phenoxy) is 1. The Hall–Kier alpha value is -3.21. The topological polar surface area (TPSA) is 31.2 Å². The van der Waals surface area contributed by atoms with Crippen molar-refractivity contribution in [2.75, 3.05) is 0 Å². The molecule has 0 spiro atoms. The molecule has 0 N–H and O–H groups in total. The molecule has 0 saturated carbocycles. The van der Waals surface area contributed by atoms with E-state index in [1.807, 2.05) is 35.2 Å². The number of benzene rings is 2. The second kappa shape index (κ2) is 7.57. The number of para-hydroxylation sites is 1. The van der Waals surface area contributed by atoms with Gasteiger partial charge < -0.3 is 9.30 Å². The van der Waals surface area contributed by atoms with E-state index in [1.165, 1.54) is 18.2 Å². The van der Waals surface area contributed by atoms with Gasteiger partial charge in [-0.25, -0.2) is 0 Å². The highest BCUT2D eigenvalue weighted by Crippen LogP contribution is 2.22. The van der Waals surface area contributed by atoms with Gasteiger partial charge in [0.25, 0.3) is 0 Å². The fraction of sp³-hybridized carbons (Fsp3) is 0.0500. The Morgan fingerprint density at radius 1 is 1.00 bits per heavy atom. The van der Waals surface area contributed by atoms with Crippen molar-refractivity contribution in [3.05, 3.63) is 90.3 Å². The van der Waals surface area contributed by atoms with Crippen LogP contribution in [0.1, 0.15) is 15.9 Å². The van der Waals surface area contributed by atoms with Crippen molar-refractivity contribution < 1.29 is 18.3 Å². The van der Waals surface area contributed by atoms with Crippen LogP contribution in [-0.2, 0) is 0 Å². The summed E-state index contributed by atoms with van der Waals surface area (Å²) in [6.07, 6.45) is 6.60. The first kappa shape index (κ1) is 16.6. The van der Waals surface area contributed by atoms with E-state index in [2.05, 4.69) is 4.74 Å². The minimum Gasteiger partial charge on any atom is -0.434 e. The molecule has 0 radical (unpaired) electrons. The lowest BCUT2D eigenvalue weighted by Gasteiger charge is -2.07. The lowest BCUT2D eigenvalue weighted by atomic mass is 10.1. The molecule has 3 nitrogen and oxygen atoms in total. The zero-order valence-corrected chi connectivity index (χ0v) is 13.2. The third-order valence-electron chi connectivity index (χ3n) is 3.58. The van der Waals surface area contributed by atoms with Crippen LogP contribution in [0, 0.1) is 0 Å². The van der Waals surface area contributed by atoms with Gasteiger partial charge >= 0.3 is 6.61 Å².